The monoisotopic (exact) mass is 217 g/mol. The Morgan fingerprint density at radius 2 is 2.00 bits per heavy atom. The number of aliphatic hydroxyl groups is 1. The Morgan fingerprint density at radius 3 is 2.47 bits per heavy atom. The number of rotatable bonds is 5. The quantitative estimate of drug-likeness (QED) is 0.739. The third kappa shape index (κ3) is 9.53. The normalized spacial score (nSPS) is 13.4. The van der Waals surface area contributed by atoms with Crippen molar-refractivity contribution in [1.29, 1.82) is 0 Å². The standard InChI is InChI=1S/C11H23NO3/c1-9(6-8-13)5-7-12-10(14)15-11(2,3)4/h9,13H,5-8H2,1-4H3,(H,12,14)/t9-/m0/s1. The van der Waals surface area contributed by atoms with E-state index in [0.29, 0.717) is 12.5 Å². The van der Waals surface area contributed by atoms with E-state index in [1.165, 1.54) is 0 Å². The SMILES string of the molecule is C[C@H](CCO)CCNC(=O)OC(C)(C)C. The molecule has 0 aromatic rings. The fraction of sp³-hybridized carbons (Fsp3) is 0.909. The summed E-state index contributed by atoms with van der Waals surface area (Å²) >= 11 is 0. The molecule has 0 spiro atoms. The van der Waals surface area contributed by atoms with Gasteiger partial charge in [0, 0.05) is 13.2 Å². The molecule has 0 aromatic carbocycles. The Morgan fingerprint density at radius 1 is 1.40 bits per heavy atom. The van der Waals surface area contributed by atoms with Crippen molar-refractivity contribution >= 4 is 6.09 Å². The third-order valence-electron chi connectivity index (χ3n) is 1.93. The van der Waals surface area contributed by atoms with Gasteiger partial charge >= 0.3 is 6.09 Å². The van der Waals surface area contributed by atoms with Gasteiger partial charge in [0.15, 0.2) is 0 Å². The van der Waals surface area contributed by atoms with Gasteiger partial charge in [0.2, 0.25) is 0 Å². The lowest BCUT2D eigenvalue weighted by molar-refractivity contribution is 0.0525. The summed E-state index contributed by atoms with van der Waals surface area (Å²) in [7, 11) is 0. The van der Waals surface area contributed by atoms with Gasteiger partial charge in [-0.2, -0.15) is 0 Å². The van der Waals surface area contributed by atoms with E-state index in [4.69, 9.17) is 9.84 Å². The minimum absolute atomic E-state index is 0.202. The zero-order valence-corrected chi connectivity index (χ0v) is 10.2. The van der Waals surface area contributed by atoms with Crippen LogP contribution in [-0.4, -0.2) is 30.0 Å². The summed E-state index contributed by atoms with van der Waals surface area (Å²) in [5.41, 5.74) is -0.444. The number of ether oxygens (including phenoxy) is 1. The second-order valence-corrected chi connectivity index (χ2v) is 4.83. The van der Waals surface area contributed by atoms with Crippen LogP contribution >= 0.6 is 0 Å². The second-order valence-electron chi connectivity index (χ2n) is 4.83. The number of amides is 1. The number of nitrogens with one attached hydrogen (secondary N) is 1. The van der Waals surface area contributed by atoms with Gasteiger partial charge in [-0.3, -0.25) is 0 Å². The molecule has 4 nitrogen and oxygen atoms in total. The molecule has 0 saturated heterocycles. The highest BCUT2D eigenvalue weighted by Gasteiger charge is 2.15. The number of hydrogen-bond acceptors (Lipinski definition) is 3. The Labute approximate surface area is 92.0 Å². The van der Waals surface area contributed by atoms with Crippen molar-refractivity contribution in [2.45, 2.75) is 46.1 Å². The molecule has 15 heavy (non-hydrogen) atoms. The zero-order chi connectivity index (χ0) is 11.9. The molecule has 1 amide bonds. The Bertz CT molecular complexity index is 187. The Hall–Kier alpha value is -0.770. The molecule has 0 rings (SSSR count). The van der Waals surface area contributed by atoms with Crippen LogP contribution in [0.4, 0.5) is 4.79 Å². The van der Waals surface area contributed by atoms with Gasteiger partial charge in [-0.15, -0.1) is 0 Å². The maximum absolute atomic E-state index is 11.2. The first kappa shape index (κ1) is 14.2. The van der Waals surface area contributed by atoms with Gasteiger partial charge in [0.1, 0.15) is 5.60 Å². The van der Waals surface area contributed by atoms with Crippen molar-refractivity contribution in [2.75, 3.05) is 13.2 Å². The Balaban J connectivity index is 3.55. The van der Waals surface area contributed by atoms with Crippen LogP contribution < -0.4 is 5.32 Å². The highest BCUT2D eigenvalue weighted by molar-refractivity contribution is 5.67. The summed E-state index contributed by atoms with van der Waals surface area (Å²) in [5, 5.41) is 11.4. The van der Waals surface area contributed by atoms with Crippen molar-refractivity contribution < 1.29 is 14.6 Å². The molecule has 90 valence electrons. The molecule has 0 aliphatic carbocycles. The van der Waals surface area contributed by atoms with Crippen molar-refractivity contribution in [1.82, 2.24) is 5.32 Å². The molecule has 0 bridgehead atoms. The molecular weight excluding hydrogens is 194 g/mol. The molecule has 0 aromatic heterocycles. The van der Waals surface area contributed by atoms with Crippen molar-refractivity contribution in [3.05, 3.63) is 0 Å². The summed E-state index contributed by atoms with van der Waals surface area (Å²) in [5.74, 6) is 0.421. The van der Waals surface area contributed by atoms with Crippen LogP contribution in [0.15, 0.2) is 0 Å². The Kier molecular flexibility index (Phi) is 6.32. The van der Waals surface area contributed by atoms with E-state index in [-0.39, 0.29) is 12.7 Å². The lowest BCUT2D eigenvalue weighted by Gasteiger charge is -2.20. The maximum atomic E-state index is 11.2. The molecular formula is C11H23NO3. The summed E-state index contributed by atoms with van der Waals surface area (Å²) in [6, 6.07) is 0. The predicted octanol–water partition coefficient (Wildman–Crippen LogP) is 1.92. The van der Waals surface area contributed by atoms with Gasteiger partial charge in [0.05, 0.1) is 0 Å². The smallest absolute Gasteiger partial charge is 0.407 e. The van der Waals surface area contributed by atoms with Gasteiger partial charge in [-0.05, 0) is 39.5 Å². The summed E-state index contributed by atoms with van der Waals surface area (Å²) in [4.78, 5) is 11.2. The van der Waals surface area contributed by atoms with Crippen LogP contribution in [0.2, 0.25) is 0 Å². The largest absolute Gasteiger partial charge is 0.444 e. The number of carbonyl (C=O) groups is 1. The lowest BCUT2D eigenvalue weighted by Crippen LogP contribution is -2.33. The van der Waals surface area contributed by atoms with Crippen molar-refractivity contribution in [3.63, 3.8) is 0 Å². The van der Waals surface area contributed by atoms with Gasteiger partial charge < -0.3 is 15.2 Å². The van der Waals surface area contributed by atoms with Gasteiger partial charge in [-0.25, -0.2) is 4.79 Å². The van der Waals surface area contributed by atoms with Crippen LogP contribution in [0.1, 0.15) is 40.5 Å². The van der Waals surface area contributed by atoms with Crippen molar-refractivity contribution in [2.24, 2.45) is 5.92 Å². The second kappa shape index (κ2) is 6.67. The van der Waals surface area contributed by atoms with E-state index >= 15 is 0 Å². The molecule has 0 aliphatic rings. The van der Waals surface area contributed by atoms with E-state index in [1.807, 2.05) is 27.7 Å². The van der Waals surface area contributed by atoms with Crippen LogP contribution in [0, 0.1) is 5.92 Å². The van der Waals surface area contributed by atoms with E-state index in [2.05, 4.69) is 5.32 Å². The minimum Gasteiger partial charge on any atom is -0.444 e. The van der Waals surface area contributed by atoms with E-state index in [0.717, 1.165) is 12.8 Å². The first-order valence-electron chi connectivity index (χ1n) is 5.43. The van der Waals surface area contributed by atoms with E-state index in [1.54, 1.807) is 0 Å². The van der Waals surface area contributed by atoms with E-state index < -0.39 is 5.60 Å². The van der Waals surface area contributed by atoms with E-state index in [9.17, 15) is 4.79 Å². The van der Waals surface area contributed by atoms with Crippen LogP contribution in [-0.2, 0) is 4.74 Å². The fourth-order valence-electron chi connectivity index (χ4n) is 1.10. The lowest BCUT2D eigenvalue weighted by atomic mass is 10.1. The van der Waals surface area contributed by atoms with Crippen LogP contribution in [0.5, 0.6) is 0 Å². The molecule has 0 unspecified atom stereocenters. The first-order valence-corrected chi connectivity index (χ1v) is 5.43. The first-order chi connectivity index (χ1) is 6.85. The van der Waals surface area contributed by atoms with Crippen LogP contribution in [0.25, 0.3) is 0 Å². The molecule has 0 fully saturated rings. The number of aliphatic hydroxyl groups excluding tert-OH is 1. The molecule has 4 heteroatoms. The molecule has 2 N–H and O–H groups in total. The highest BCUT2D eigenvalue weighted by Crippen LogP contribution is 2.07. The highest BCUT2D eigenvalue weighted by atomic mass is 16.6. The van der Waals surface area contributed by atoms with Crippen LogP contribution in [0.3, 0.4) is 0 Å². The predicted molar refractivity (Wildman–Crippen MR) is 59.7 cm³/mol. The van der Waals surface area contributed by atoms with Gasteiger partial charge in [-0.1, -0.05) is 6.92 Å². The molecule has 0 saturated carbocycles. The maximum Gasteiger partial charge on any atom is 0.407 e. The molecule has 0 radical (unpaired) electrons. The molecule has 0 aliphatic heterocycles. The average Bonchev–Trinajstić information content (AvgIpc) is 2.00. The molecule has 1 atom stereocenters. The number of hydrogen-bond donors (Lipinski definition) is 2. The zero-order valence-electron chi connectivity index (χ0n) is 10.2. The number of carbonyl (C=O) groups excluding carboxylic acids is 1. The summed E-state index contributed by atoms with van der Waals surface area (Å²) in [6.45, 7) is 8.35. The summed E-state index contributed by atoms with van der Waals surface area (Å²) < 4.78 is 5.08. The van der Waals surface area contributed by atoms with Gasteiger partial charge in [0.25, 0.3) is 0 Å². The number of alkyl carbamates (subject to hydrolysis) is 1. The minimum atomic E-state index is -0.444. The summed E-state index contributed by atoms with van der Waals surface area (Å²) in [6.07, 6.45) is 1.26. The fourth-order valence-corrected chi connectivity index (χ4v) is 1.10. The third-order valence-corrected chi connectivity index (χ3v) is 1.93. The molecule has 0 heterocycles. The average molecular weight is 217 g/mol. The van der Waals surface area contributed by atoms with Crippen molar-refractivity contribution in [3.8, 4) is 0 Å². The topological polar surface area (TPSA) is 58.6 Å².